The lowest BCUT2D eigenvalue weighted by Gasteiger charge is -2.16. The van der Waals surface area contributed by atoms with E-state index in [2.05, 4.69) is 10.6 Å². The minimum absolute atomic E-state index is 0.0950. The van der Waals surface area contributed by atoms with Crippen molar-refractivity contribution in [1.29, 1.82) is 0 Å². The molecule has 0 bridgehead atoms. The van der Waals surface area contributed by atoms with Crippen molar-refractivity contribution in [2.75, 3.05) is 11.9 Å². The molecule has 8 heteroatoms. The second-order valence-electron chi connectivity index (χ2n) is 5.56. The summed E-state index contributed by atoms with van der Waals surface area (Å²) >= 11 is 0. The van der Waals surface area contributed by atoms with Crippen LogP contribution in [-0.2, 0) is 15.8 Å². The van der Waals surface area contributed by atoms with E-state index >= 15 is 0 Å². The van der Waals surface area contributed by atoms with Crippen LogP contribution in [0.5, 0.6) is 0 Å². The van der Waals surface area contributed by atoms with E-state index in [0.717, 1.165) is 23.8 Å². The number of alkyl halides is 3. The third kappa shape index (κ3) is 6.27. The molecule has 1 unspecified atom stereocenters. The molecule has 5 nitrogen and oxygen atoms in total. The van der Waals surface area contributed by atoms with Gasteiger partial charge in [0.2, 0.25) is 11.8 Å². The first-order chi connectivity index (χ1) is 12.8. The zero-order valence-electron chi connectivity index (χ0n) is 14.0. The zero-order chi connectivity index (χ0) is 19.9. The Morgan fingerprint density at radius 2 is 1.78 bits per heavy atom. The van der Waals surface area contributed by atoms with Crippen LogP contribution >= 0.6 is 0 Å². The van der Waals surface area contributed by atoms with E-state index in [1.807, 2.05) is 6.07 Å². The summed E-state index contributed by atoms with van der Waals surface area (Å²) in [5, 5.41) is 13.9. The van der Waals surface area contributed by atoms with Gasteiger partial charge >= 0.3 is 6.18 Å². The van der Waals surface area contributed by atoms with E-state index in [1.165, 1.54) is 18.2 Å². The number of aliphatic hydroxyl groups excluding tert-OH is 1. The number of carbonyl (C=O) groups is 2. The van der Waals surface area contributed by atoms with Crippen molar-refractivity contribution in [2.24, 2.45) is 0 Å². The van der Waals surface area contributed by atoms with Crippen molar-refractivity contribution < 1.29 is 27.9 Å². The predicted octanol–water partition coefficient (Wildman–Crippen LogP) is 2.83. The fourth-order valence-electron chi connectivity index (χ4n) is 2.15. The van der Waals surface area contributed by atoms with Crippen molar-refractivity contribution in [3.63, 3.8) is 0 Å². The number of benzene rings is 2. The van der Waals surface area contributed by atoms with E-state index in [0.29, 0.717) is 0 Å². The largest absolute Gasteiger partial charge is 0.416 e. The molecule has 0 fully saturated rings. The standard InChI is InChI=1S/C19H17F3N2O3/c20-19(21,22)14-7-4-8-15(11-14)23-18(27)16(12-25)24-17(26)10-9-13-5-2-1-3-6-13/h1-11,16,25H,12H2,(H,23,27)(H,24,26). The van der Waals surface area contributed by atoms with Gasteiger partial charge in [-0.2, -0.15) is 13.2 Å². The molecule has 0 radical (unpaired) electrons. The fraction of sp³-hybridized carbons (Fsp3) is 0.158. The summed E-state index contributed by atoms with van der Waals surface area (Å²) in [5.41, 5.74) is -0.250. The number of hydrogen-bond acceptors (Lipinski definition) is 3. The Bertz CT molecular complexity index is 820. The molecule has 27 heavy (non-hydrogen) atoms. The van der Waals surface area contributed by atoms with E-state index in [4.69, 9.17) is 0 Å². The number of nitrogens with one attached hydrogen (secondary N) is 2. The summed E-state index contributed by atoms with van der Waals surface area (Å²) in [7, 11) is 0. The number of amides is 2. The molecule has 2 aromatic rings. The zero-order valence-corrected chi connectivity index (χ0v) is 14.0. The first kappa shape index (κ1) is 20.2. The van der Waals surface area contributed by atoms with Crippen molar-refractivity contribution in [3.8, 4) is 0 Å². The maximum atomic E-state index is 12.7. The Morgan fingerprint density at radius 3 is 2.41 bits per heavy atom. The topological polar surface area (TPSA) is 78.4 Å². The van der Waals surface area contributed by atoms with Crippen LogP contribution in [-0.4, -0.2) is 29.6 Å². The Hall–Kier alpha value is -3.13. The van der Waals surface area contributed by atoms with Gasteiger partial charge in [0.1, 0.15) is 6.04 Å². The van der Waals surface area contributed by atoms with Gasteiger partial charge in [0.25, 0.3) is 0 Å². The smallest absolute Gasteiger partial charge is 0.394 e. The van der Waals surface area contributed by atoms with Crippen LogP contribution in [0, 0.1) is 0 Å². The highest BCUT2D eigenvalue weighted by atomic mass is 19.4. The fourth-order valence-corrected chi connectivity index (χ4v) is 2.15. The average Bonchev–Trinajstić information content (AvgIpc) is 2.64. The van der Waals surface area contributed by atoms with Gasteiger partial charge in [0, 0.05) is 11.8 Å². The Balaban J connectivity index is 1.99. The summed E-state index contributed by atoms with van der Waals surface area (Å²) in [5.74, 6) is -1.46. The number of aliphatic hydroxyl groups is 1. The molecule has 142 valence electrons. The molecule has 2 amide bonds. The van der Waals surface area contributed by atoms with Gasteiger partial charge in [0.05, 0.1) is 12.2 Å². The van der Waals surface area contributed by atoms with Crippen molar-refractivity contribution in [1.82, 2.24) is 5.32 Å². The maximum Gasteiger partial charge on any atom is 0.416 e. The molecule has 3 N–H and O–H groups in total. The first-order valence-corrected chi connectivity index (χ1v) is 7.92. The second-order valence-corrected chi connectivity index (χ2v) is 5.56. The maximum absolute atomic E-state index is 12.7. The Kier molecular flexibility index (Phi) is 6.73. The minimum atomic E-state index is -4.55. The van der Waals surface area contributed by atoms with Crippen LogP contribution in [0.2, 0.25) is 0 Å². The predicted molar refractivity (Wildman–Crippen MR) is 94.6 cm³/mol. The average molecular weight is 378 g/mol. The first-order valence-electron chi connectivity index (χ1n) is 7.92. The summed E-state index contributed by atoms with van der Waals surface area (Å²) in [6.07, 6.45) is -1.84. The molecule has 0 aliphatic rings. The van der Waals surface area contributed by atoms with E-state index in [1.54, 1.807) is 24.3 Å². The third-order valence-corrected chi connectivity index (χ3v) is 3.50. The second kappa shape index (κ2) is 9.00. The number of halogens is 3. The molecular weight excluding hydrogens is 361 g/mol. The number of anilines is 1. The normalized spacial score (nSPS) is 12.6. The van der Waals surface area contributed by atoms with E-state index in [-0.39, 0.29) is 5.69 Å². The van der Waals surface area contributed by atoms with Crippen LogP contribution in [0.4, 0.5) is 18.9 Å². The third-order valence-electron chi connectivity index (χ3n) is 3.50. The monoisotopic (exact) mass is 378 g/mol. The van der Waals surface area contributed by atoms with Crippen molar-refractivity contribution >= 4 is 23.6 Å². The Labute approximate surface area is 153 Å². The summed E-state index contributed by atoms with van der Waals surface area (Å²) < 4.78 is 38.1. The van der Waals surface area contributed by atoms with Gasteiger partial charge in [0.15, 0.2) is 0 Å². The summed E-state index contributed by atoms with van der Waals surface area (Å²) in [6, 6.07) is 11.7. The summed E-state index contributed by atoms with van der Waals surface area (Å²) in [4.78, 5) is 24.0. The molecule has 1 atom stereocenters. The van der Waals surface area contributed by atoms with E-state index < -0.39 is 36.2 Å². The lowest BCUT2D eigenvalue weighted by Crippen LogP contribution is -2.45. The van der Waals surface area contributed by atoms with Gasteiger partial charge in [-0.15, -0.1) is 0 Å². The molecule has 0 saturated heterocycles. The molecule has 0 spiro atoms. The summed E-state index contributed by atoms with van der Waals surface area (Å²) in [6.45, 7) is -0.713. The lowest BCUT2D eigenvalue weighted by molar-refractivity contribution is -0.137. The number of hydrogen-bond donors (Lipinski definition) is 3. The molecule has 0 aliphatic heterocycles. The lowest BCUT2D eigenvalue weighted by atomic mass is 10.2. The molecule has 2 aromatic carbocycles. The van der Waals surface area contributed by atoms with Crippen LogP contribution in [0.3, 0.4) is 0 Å². The number of carbonyl (C=O) groups excluding carboxylic acids is 2. The van der Waals surface area contributed by atoms with Crippen LogP contribution < -0.4 is 10.6 Å². The molecule has 2 rings (SSSR count). The quantitative estimate of drug-likeness (QED) is 0.677. The highest BCUT2D eigenvalue weighted by Gasteiger charge is 2.30. The Morgan fingerprint density at radius 1 is 1.07 bits per heavy atom. The molecule has 0 aliphatic carbocycles. The van der Waals surface area contributed by atoms with Gasteiger partial charge in [-0.05, 0) is 29.8 Å². The van der Waals surface area contributed by atoms with Crippen LogP contribution in [0.1, 0.15) is 11.1 Å². The van der Waals surface area contributed by atoms with Gasteiger partial charge in [-0.25, -0.2) is 0 Å². The van der Waals surface area contributed by atoms with Crippen LogP contribution in [0.25, 0.3) is 6.08 Å². The minimum Gasteiger partial charge on any atom is -0.394 e. The van der Waals surface area contributed by atoms with Gasteiger partial charge < -0.3 is 15.7 Å². The van der Waals surface area contributed by atoms with Crippen molar-refractivity contribution in [3.05, 3.63) is 71.8 Å². The van der Waals surface area contributed by atoms with Crippen LogP contribution in [0.15, 0.2) is 60.7 Å². The van der Waals surface area contributed by atoms with E-state index in [9.17, 15) is 27.9 Å². The number of rotatable bonds is 6. The molecule has 0 heterocycles. The van der Waals surface area contributed by atoms with Gasteiger partial charge in [-0.3, -0.25) is 9.59 Å². The highest BCUT2D eigenvalue weighted by molar-refractivity contribution is 6.00. The van der Waals surface area contributed by atoms with Gasteiger partial charge in [-0.1, -0.05) is 36.4 Å². The molecular formula is C19H17F3N2O3. The van der Waals surface area contributed by atoms with Crippen molar-refractivity contribution in [2.45, 2.75) is 12.2 Å². The highest BCUT2D eigenvalue weighted by Crippen LogP contribution is 2.30. The molecule has 0 aromatic heterocycles. The molecule has 0 saturated carbocycles. The SMILES string of the molecule is O=C(C=Cc1ccccc1)NC(CO)C(=O)Nc1cccc(C(F)(F)F)c1.